The minimum absolute atomic E-state index is 0.0486. The molecule has 0 bridgehead atoms. The van der Waals surface area contributed by atoms with Gasteiger partial charge in [0.1, 0.15) is 5.75 Å². The fraction of sp³-hybridized carbons (Fsp3) is 0.235. The van der Waals surface area contributed by atoms with Crippen molar-refractivity contribution in [2.24, 2.45) is 5.10 Å². The number of nitrogens with one attached hydrogen (secondary N) is 1. The fourth-order valence-corrected chi connectivity index (χ4v) is 2.38. The average molecular weight is 401 g/mol. The van der Waals surface area contributed by atoms with Gasteiger partial charge in [-0.1, -0.05) is 11.6 Å². The molecule has 144 valence electrons. The topological polar surface area (TPSA) is 86.6 Å². The molecule has 0 aliphatic heterocycles. The van der Waals surface area contributed by atoms with Crippen LogP contribution in [0.1, 0.15) is 23.6 Å². The zero-order chi connectivity index (χ0) is 20.2. The SMILES string of the molecule is COc1ccc(/C(C)=N\Nc2ncc(C(F)(F)F)cc2Cl)cc1CC(=O)[O-]. The summed E-state index contributed by atoms with van der Waals surface area (Å²) >= 11 is 5.80. The van der Waals surface area contributed by atoms with Gasteiger partial charge in [0, 0.05) is 24.2 Å². The summed E-state index contributed by atoms with van der Waals surface area (Å²) in [6.07, 6.45) is -4.25. The minimum atomic E-state index is -4.55. The second-order valence-corrected chi connectivity index (χ2v) is 5.84. The first-order chi connectivity index (χ1) is 12.6. The van der Waals surface area contributed by atoms with Crippen molar-refractivity contribution in [2.75, 3.05) is 12.5 Å². The molecule has 1 aromatic carbocycles. The number of aliphatic carboxylic acids is 1. The molecule has 0 aliphatic rings. The number of halogens is 4. The Hall–Kier alpha value is -2.81. The minimum Gasteiger partial charge on any atom is -0.550 e. The number of ether oxygens (including phenoxy) is 1. The molecule has 10 heteroatoms. The lowest BCUT2D eigenvalue weighted by Gasteiger charge is -2.12. The van der Waals surface area contributed by atoms with E-state index in [9.17, 15) is 23.1 Å². The first-order valence-electron chi connectivity index (χ1n) is 7.52. The highest BCUT2D eigenvalue weighted by molar-refractivity contribution is 6.33. The van der Waals surface area contributed by atoms with E-state index in [0.717, 1.165) is 6.07 Å². The molecule has 1 heterocycles. The van der Waals surface area contributed by atoms with E-state index in [4.69, 9.17) is 16.3 Å². The normalized spacial score (nSPS) is 12.0. The van der Waals surface area contributed by atoms with Crippen LogP contribution in [0.25, 0.3) is 0 Å². The lowest BCUT2D eigenvalue weighted by molar-refractivity contribution is -0.304. The molecule has 0 unspecified atom stereocenters. The summed E-state index contributed by atoms with van der Waals surface area (Å²) in [4.78, 5) is 14.5. The van der Waals surface area contributed by atoms with Crippen molar-refractivity contribution in [3.8, 4) is 5.75 Å². The number of rotatable bonds is 6. The Morgan fingerprint density at radius 3 is 2.63 bits per heavy atom. The van der Waals surface area contributed by atoms with E-state index in [1.54, 1.807) is 25.1 Å². The van der Waals surface area contributed by atoms with Crippen molar-refractivity contribution >= 4 is 29.1 Å². The van der Waals surface area contributed by atoms with E-state index in [-0.39, 0.29) is 17.3 Å². The average Bonchev–Trinajstić information content (AvgIpc) is 2.59. The van der Waals surface area contributed by atoms with Crippen LogP contribution >= 0.6 is 11.6 Å². The summed E-state index contributed by atoms with van der Waals surface area (Å²) in [6.45, 7) is 1.62. The Labute approximate surface area is 157 Å². The molecule has 0 spiro atoms. The second kappa shape index (κ2) is 8.26. The summed E-state index contributed by atoms with van der Waals surface area (Å²) in [7, 11) is 1.41. The van der Waals surface area contributed by atoms with Crippen molar-refractivity contribution < 1.29 is 27.8 Å². The van der Waals surface area contributed by atoms with Crippen molar-refractivity contribution in [2.45, 2.75) is 19.5 Å². The number of carboxylic acid groups (broad SMARTS) is 1. The molecule has 0 saturated carbocycles. The van der Waals surface area contributed by atoms with E-state index in [1.165, 1.54) is 7.11 Å². The molecular weight excluding hydrogens is 387 g/mol. The van der Waals surface area contributed by atoms with Crippen LogP contribution in [0.2, 0.25) is 5.02 Å². The molecule has 1 aromatic heterocycles. The quantitative estimate of drug-likeness (QED) is 0.595. The fourth-order valence-electron chi connectivity index (χ4n) is 2.17. The highest BCUT2D eigenvalue weighted by Gasteiger charge is 2.31. The molecule has 2 rings (SSSR count). The monoisotopic (exact) mass is 400 g/mol. The zero-order valence-corrected chi connectivity index (χ0v) is 15.0. The number of nitrogens with zero attached hydrogens (tertiary/aromatic N) is 2. The van der Waals surface area contributed by atoms with Gasteiger partial charge >= 0.3 is 6.18 Å². The lowest BCUT2D eigenvalue weighted by Crippen LogP contribution is -2.24. The Kier molecular flexibility index (Phi) is 6.27. The largest absolute Gasteiger partial charge is 0.550 e. The lowest BCUT2D eigenvalue weighted by atomic mass is 10.0. The van der Waals surface area contributed by atoms with Gasteiger partial charge in [0.2, 0.25) is 0 Å². The van der Waals surface area contributed by atoms with Crippen LogP contribution in [0, 0.1) is 0 Å². The van der Waals surface area contributed by atoms with Gasteiger partial charge in [0.05, 0.1) is 23.4 Å². The number of aromatic nitrogens is 1. The standard InChI is InChI=1S/C17H15ClF3N3O3/c1-9(10-3-4-14(27-2)11(5-10)6-15(25)26)23-24-16-13(18)7-12(8-22-16)17(19,20)21/h3-5,7-8H,6H2,1-2H3,(H,22,24)(H,25,26)/p-1/b23-9-. The molecule has 0 fully saturated rings. The van der Waals surface area contributed by atoms with Crippen molar-refractivity contribution in [1.29, 1.82) is 0 Å². The molecule has 0 aliphatic carbocycles. The van der Waals surface area contributed by atoms with E-state index in [2.05, 4.69) is 15.5 Å². The van der Waals surface area contributed by atoms with Crippen molar-refractivity contribution in [1.82, 2.24) is 4.98 Å². The third-order valence-electron chi connectivity index (χ3n) is 3.53. The number of hydrogen-bond acceptors (Lipinski definition) is 6. The van der Waals surface area contributed by atoms with Crippen LogP contribution in [0.3, 0.4) is 0 Å². The van der Waals surface area contributed by atoms with Gasteiger partial charge in [0.25, 0.3) is 0 Å². The number of pyridine rings is 1. The van der Waals surface area contributed by atoms with Crippen LogP contribution in [-0.2, 0) is 17.4 Å². The maximum atomic E-state index is 12.6. The molecular formula is C17H14ClF3N3O3-. The molecule has 0 atom stereocenters. The molecule has 2 aromatic rings. The summed E-state index contributed by atoms with van der Waals surface area (Å²) in [5.74, 6) is -0.928. The van der Waals surface area contributed by atoms with E-state index in [1.807, 2.05) is 0 Å². The molecule has 0 radical (unpaired) electrons. The maximum absolute atomic E-state index is 12.6. The van der Waals surface area contributed by atoms with E-state index >= 15 is 0 Å². The first kappa shape index (κ1) is 20.5. The molecule has 0 amide bonds. The second-order valence-electron chi connectivity index (χ2n) is 5.44. The maximum Gasteiger partial charge on any atom is 0.417 e. The summed E-state index contributed by atoms with van der Waals surface area (Å²) in [5.41, 5.74) is 2.92. The Bertz CT molecular complexity index is 885. The van der Waals surface area contributed by atoms with Gasteiger partial charge in [-0.15, -0.1) is 0 Å². The highest BCUT2D eigenvalue weighted by Crippen LogP contribution is 2.32. The summed E-state index contributed by atoms with van der Waals surface area (Å²) in [6, 6.07) is 5.54. The number of methoxy groups -OCH3 is 1. The van der Waals surface area contributed by atoms with Gasteiger partial charge in [-0.05, 0) is 36.8 Å². The molecule has 27 heavy (non-hydrogen) atoms. The van der Waals surface area contributed by atoms with Gasteiger partial charge in [-0.3, -0.25) is 5.43 Å². The predicted molar refractivity (Wildman–Crippen MR) is 91.8 cm³/mol. The van der Waals surface area contributed by atoms with E-state index < -0.39 is 17.7 Å². The number of benzene rings is 1. The van der Waals surface area contributed by atoms with Crippen LogP contribution < -0.4 is 15.3 Å². The third-order valence-corrected chi connectivity index (χ3v) is 3.82. The Balaban J connectivity index is 2.24. The number of hydrogen-bond donors (Lipinski definition) is 1. The Morgan fingerprint density at radius 2 is 2.07 bits per heavy atom. The van der Waals surface area contributed by atoms with Crippen LogP contribution in [-0.4, -0.2) is 23.8 Å². The van der Waals surface area contributed by atoms with Crippen molar-refractivity contribution in [3.05, 3.63) is 52.2 Å². The number of carbonyl (C=O) groups excluding carboxylic acids is 1. The number of anilines is 1. The van der Waals surface area contributed by atoms with E-state index in [0.29, 0.717) is 28.8 Å². The molecule has 1 N–H and O–H groups in total. The highest BCUT2D eigenvalue weighted by atomic mass is 35.5. The van der Waals surface area contributed by atoms with Crippen LogP contribution in [0.5, 0.6) is 5.75 Å². The van der Waals surface area contributed by atoms with Gasteiger partial charge in [-0.25, -0.2) is 4.98 Å². The number of carboxylic acids is 1. The third kappa shape index (κ3) is 5.33. The molecule has 0 saturated heterocycles. The number of alkyl halides is 3. The van der Waals surface area contributed by atoms with Gasteiger partial charge < -0.3 is 14.6 Å². The summed E-state index contributed by atoms with van der Waals surface area (Å²) in [5, 5.41) is 14.6. The van der Waals surface area contributed by atoms with Gasteiger partial charge in [-0.2, -0.15) is 18.3 Å². The number of carbonyl (C=O) groups is 1. The Morgan fingerprint density at radius 1 is 1.37 bits per heavy atom. The number of hydrazone groups is 1. The van der Waals surface area contributed by atoms with Crippen LogP contribution in [0.4, 0.5) is 19.0 Å². The van der Waals surface area contributed by atoms with Crippen molar-refractivity contribution in [3.63, 3.8) is 0 Å². The van der Waals surface area contributed by atoms with Gasteiger partial charge in [0.15, 0.2) is 5.82 Å². The van der Waals surface area contributed by atoms with Crippen LogP contribution in [0.15, 0.2) is 35.6 Å². The summed E-state index contributed by atoms with van der Waals surface area (Å²) < 4.78 is 43.0. The first-order valence-corrected chi connectivity index (χ1v) is 7.89. The molecule has 6 nitrogen and oxygen atoms in total. The zero-order valence-electron chi connectivity index (χ0n) is 14.2. The predicted octanol–water partition coefficient (Wildman–Crippen LogP) is 2.89. The smallest absolute Gasteiger partial charge is 0.417 e.